The summed E-state index contributed by atoms with van der Waals surface area (Å²) in [5.41, 5.74) is 7.33. The lowest BCUT2D eigenvalue weighted by atomic mass is 10.1. The van der Waals surface area contributed by atoms with Gasteiger partial charge >= 0.3 is 0 Å². The molecule has 0 spiro atoms. The molecule has 0 saturated carbocycles. The van der Waals surface area contributed by atoms with Crippen LogP contribution in [0.4, 0.5) is 0 Å². The van der Waals surface area contributed by atoms with Gasteiger partial charge in [0.2, 0.25) is 0 Å². The molecule has 2 N–H and O–H groups in total. The van der Waals surface area contributed by atoms with Gasteiger partial charge in [-0.25, -0.2) is 0 Å². The van der Waals surface area contributed by atoms with E-state index in [2.05, 4.69) is 0 Å². The zero-order chi connectivity index (χ0) is 14.5. The minimum atomic E-state index is 0.264. The fourth-order valence-corrected chi connectivity index (χ4v) is 2.51. The van der Waals surface area contributed by atoms with E-state index in [0.717, 1.165) is 17.7 Å². The van der Waals surface area contributed by atoms with E-state index in [1.165, 1.54) is 0 Å². The van der Waals surface area contributed by atoms with Crippen molar-refractivity contribution in [3.8, 4) is 5.75 Å². The maximum Gasteiger partial charge on any atom is 0.123 e. The van der Waals surface area contributed by atoms with Gasteiger partial charge in [0.25, 0.3) is 0 Å². The van der Waals surface area contributed by atoms with Gasteiger partial charge in [-0.3, -0.25) is 0 Å². The lowest BCUT2D eigenvalue weighted by molar-refractivity contribution is 0.303. The highest BCUT2D eigenvalue weighted by Gasteiger charge is 2.11. The van der Waals surface area contributed by atoms with Crippen molar-refractivity contribution in [1.82, 2.24) is 0 Å². The van der Waals surface area contributed by atoms with Crippen molar-refractivity contribution in [2.45, 2.75) is 13.0 Å². The fourth-order valence-electron chi connectivity index (χ4n) is 1.86. The van der Waals surface area contributed by atoms with Gasteiger partial charge < -0.3 is 10.5 Å². The van der Waals surface area contributed by atoms with Crippen LogP contribution in [0.3, 0.4) is 0 Å². The summed E-state index contributed by atoms with van der Waals surface area (Å²) in [6.45, 7) is 0.832. The van der Waals surface area contributed by atoms with E-state index in [9.17, 15) is 0 Å². The third-order valence-corrected chi connectivity index (χ3v) is 4.09. The molecule has 0 aromatic heterocycles. The molecule has 0 aliphatic carbocycles. The number of halogens is 3. The predicted molar refractivity (Wildman–Crippen MR) is 85.0 cm³/mol. The molecule has 0 unspecified atom stereocenters. The second-order valence-electron chi connectivity index (χ2n) is 4.26. The Morgan fingerprint density at radius 3 is 2.40 bits per heavy atom. The number of para-hydroxylation sites is 1. The largest absolute Gasteiger partial charge is 0.489 e. The van der Waals surface area contributed by atoms with Crippen molar-refractivity contribution in [1.29, 1.82) is 0 Å². The van der Waals surface area contributed by atoms with Crippen LogP contribution in [0.2, 0.25) is 15.1 Å². The number of hydrogen-bond donors (Lipinski definition) is 1. The SMILES string of the molecule is NCCc1ccccc1OCc1c(Cl)ccc(Cl)c1Cl. The molecule has 20 heavy (non-hydrogen) atoms. The van der Waals surface area contributed by atoms with Gasteiger partial charge in [-0.2, -0.15) is 0 Å². The number of ether oxygens (including phenoxy) is 1. The summed E-state index contributed by atoms with van der Waals surface area (Å²) < 4.78 is 5.81. The third-order valence-electron chi connectivity index (χ3n) is 2.90. The number of hydrogen-bond acceptors (Lipinski definition) is 2. The average Bonchev–Trinajstić information content (AvgIpc) is 2.45. The van der Waals surface area contributed by atoms with Crippen LogP contribution in [0.15, 0.2) is 36.4 Å². The Morgan fingerprint density at radius 2 is 1.65 bits per heavy atom. The van der Waals surface area contributed by atoms with Crippen molar-refractivity contribution < 1.29 is 4.74 Å². The Hall–Kier alpha value is -0.930. The van der Waals surface area contributed by atoms with Crippen molar-refractivity contribution in [2.75, 3.05) is 6.54 Å². The first kappa shape index (κ1) is 15.5. The van der Waals surface area contributed by atoms with Gasteiger partial charge in [-0.1, -0.05) is 53.0 Å². The molecule has 5 heteroatoms. The highest BCUT2D eigenvalue weighted by molar-refractivity contribution is 6.44. The average molecular weight is 331 g/mol. The Labute approximate surface area is 133 Å². The first-order valence-corrected chi connectivity index (χ1v) is 7.30. The second kappa shape index (κ2) is 7.19. The smallest absolute Gasteiger partial charge is 0.123 e. The normalized spacial score (nSPS) is 10.6. The lowest BCUT2D eigenvalue weighted by Gasteiger charge is -2.13. The number of benzene rings is 2. The molecule has 0 atom stereocenters. The summed E-state index contributed by atoms with van der Waals surface area (Å²) in [4.78, 5) is 0. The van der Waals surface area contributed by atoms with Gasteiger partial charge in [0.1, 0.15) is 12.4 Å². The first-order valence-electron chi connectivity index (χ1n) is 6.16. The maximum atomic E-state index is 6.15. The highest BCUT2D eigenvalue weighted by atomic mass is 35.5. The zero-order valence-corrected chi connectivity index (χ0v) is 13.0. The molecule has 0 heterocycles. The third kappa shape index (κ3) is 3.58. The zero-order valence-electron chi connectivity index (χ0n) is 10.7. The van der Waals surface area contributed by atoms with Crippen LogP contribution in [-0.2, 0) is 13.0 Å². The van der Waals surface area contributed by atoms with Crippen LogP contribution >= 0.6 is 34.8 Å². The summed E-state index contributed by atoms with van der Waals surface area (Å²) in [6, 6.07) is 11.1. The van der Waals surface area contributed by atoms with E-state index >= 15 is 0 Å². The molecular weight excluding hydrogens is 317 g/mol. The molecule has 0 amide bonds. The highest BCUT2D eigenvalue weighted by Crippen LogP contribution is 2.32. The van der Waals surface area contributed by atoms with Crippen molar-refractivity contribution in [2.24, 2.45) is 5.73 Å². The van der Waals surface area contributed by atoms with E-state index in [4.69, 9.17) is 45.3 Å². The van der Waals surface area contributed by atoms with Crippen LogP contribution in [0, 0.1) is 0 Å². The molecule has 0 aliphatic rings. The van der Waals surface area contributed by atoms with Crippen LogP contribution in [0.5, 0.6) is 5.75 Å². The fraction of sp³-hybridized carbons (Fsp3) is 0.200. The molecule has 0 bridgehead atoms. The minimum absolute atomic E-state index is 0.264. The van der Waals surface area contributed by atoms with Gasteiger partial charge in [-0.15, -0.1) is 0 Å². The summed E-state index contributed by atoms with van der Waals surface area (Å²) in [6.07, 6.45) is 0.757. The monoisotopic (exact) mass is 329 g/mol. The van der Waals surface area contributed by atoms with E-state index in [0.29, 0.717) is 27.2 Å². The van der Waals surface area contributed by atoms with Crippen molar-refractivity contribution in [3.05, 3.63) is 62.6 Å². The Morgan fingerprint density at radius 1 is 0.950 bits per heavy atom. The van der Waals surface area contributed by atoms with Gasteiger partial charge in [0, 0.05) is 10.6 Å². The van der Waals surface area contributed by atoms with Crippen LogP contribution < -0.4 is 10.5 Å². The van der Waals surface area contributed by atoms with Crippen LogP contribution in [0.1, 0.15) is 11.1 Å². The van der Waals surface area contributed by atoms with E-state index in [1.54, 1.807) is 12.1 Å². The molecule has 0 fully saturated rings. The van der Waals surface area contributed by atoms with Gasteiger partial charge in [0.15, 0.2) is 0 Å². The summed E-state index contributed by atoms with van der Waals surface area (Å²) in [5, 5.41) is 1.43. The predicted octanol–water partition coefficient (Wildman–Crippen LogP) is 4.73. The molecular formula is C15H14Cl3NO. The van der Waals surface area contributed by atoms with Crippen LogP contribution in [-0.4, -0.2) is 6.54 Å². The standard InChI is InChI=1S/C15H14Cl3NO/c16-12-5-6-13(17)15(18)11(12)9-20-14-4-2-1-3-10(14)7-8-19/h1-6H,7-9,19H2. The molecule has 2 nitrogen and oxygen atoms in total. The minimum Gasteiger partial charge on any atom is -0.489 e. The second-order valence-corrected chi connectivity index (χ2v) is 5.45. The van der Waals surface area contributed by atoms with E-state index in [1.807, 2.05) is 24.3 Å². The summed E-state index contributed by atoms with van der Waals surface area (Å²) in [5.74, 6) is 0.782. The topological polar surface area (TPSA) is 35.2 Å². The van der Waals surface area contributed by atoms with Crippen molar-refractivity contribution >= 4 is 34.8 Å². The van der Waals surface area contributed by atoms with E-state index in [-0.39, 0.29) is 6.61 Å². The maximum absolute atomic E-state index is 6.15. The molecule has 2 aromatic rings. The van der Waals surface area contributed by atoms with E-state index < -0.39 is 0 Å². The lowest BCUT2D eigenvalue weighted by Crippen LogP contribution is -2.05. The molecule has 0 saturated heterocycles. The van der Waals surface area contributed by atoms with Crippen LogP contribution in [0.25, 0.3) is 0 Å². The van der Waals surface area contributed by atoms with Crippen molar-refractivity contribution in [3.63, 3.8) is 0 Å². The van der Waals surface area contributed by atoms with Gasteiger partial charge in [-0.05, 0) is 36.7 Å². The Kier molecular flexibility index (Phi) is 5.55. The molecule has 106 valence electrons. The first-order chi connectivity index (χ1) is 9.63. The summed E-state index contributed by atoms with van der Waals surface area (Å²) >= 11 is 18.3. The summed E-state index contributed by atoms with van der Waals surface area (Å²) in [7, 11) is 0. The Balaban J connectivity index is 2.19. The molecule has 0 radical (unpaired) electrons. The quantitative estimate of drug-likeness (QED) is 0.805. The Bertz CT molecular complexity index is 602. The van der Waals surface area contributed by atoms with Gasteiger partial charge in [0.05, 0.1) is 10.0 Å². The molecule has 2 rings (SSSR count). The molecule has 0 aliphatic heterocycles. The molecule has 2 aromatic carbocycles. The number of rotatable bonds is 5. The number of nitrogens with two attached hydrogens (primary N) is 1.